The first-order valence-corrected chi connectivity index (χ1v) is 7.72. The van der Waals surface area contributed by atoms with E-state index in [4.69, 9.17) is 5.73 Å². The molecule has 0 heterocycles. The standard InChI is InChI=1S/C16H32N2O/c1-12(2)10-16(5,11-17)18-14(19)13-8-6-7-9-15(13,3)4/h12-13H,6-11,17H2,1-5H3,(H,18,19). The molecule has 0 aliphatic heterocycles. The number of amides is 1. The Morgan fingerprint density at radius 1 is 1.42 bits per heavy atom. The Hall–Kier alpha value is -0.570. The number of hydrogen-bond donors (Lipinski definition) is 2. The SMILES string of the molecule is CC(C)CC(C)(CN)NC(=O)C1CCCCC1(C)C. The van der Waals surface area contributed by atoms with Crippen LogP contribution in [-0.4, -0.2) is 18.0 Å². The predicted octanol–water partition coefficient (Wildman–Crippen LogP) is 3.08. The number of hydrogen-bond acceptors (Lipinski definition) is 2. The van der Waals surface area contributed by atoms with Gasteiger partial charge in [-0.15, -0.1) is 0 Å². The van der Waals surface area contributed by atoms with Crippen molar-refractivity contribution in [3.05, 3.63) is 0 Å². The second-order valence-corrected chi connectivity index (χ2v) is 7.64. The summed E-state index contributed by atoms with van der Waals surface area (Å²) in [6.45, 7) is 11.4. The monoisotopic (exact) mass is 268 g/mol. The molecular weight excluding hydrogens is 236 g/mol. The molecule has 1 saturated carbocycles. The van der Waals surface area contributed by atoms with Crippen LogP contribution in [0.25, 0.3) is 0 Å². The van der Waals surface area contributed by atoms with Crippen LogP contribution in [0.4, 0.5) is 0 Å². The highest BCUT2D eigenvalue weighted by Gasteiger charge is 2.39. The van der Waals surface area contributed by atoms with Crippen LogP contribution < -0.4 is 11.1 Å². The molecule has 3 nitrogen and oxygen atoms in total. The van der Waals surface area contributed by atoms with Gasteiger partial charge in [-0.3, -0.25) is 4.79 Å². The molecule has 1 amide bonds. The highest BCUT2D eigenvalue weighted by molar-refractivity contribution is 5.80. The molecular formula is C16H32N2O. The summed E-state index contributed by atoms with van der Waals surface area (Å²) in [5.41, 5.74) is 5.74. The summed E-state index contributed by atoms with van der Waals surface area (Å²) < 4.78 is 0. The Morgan fingerprint density at radius 2 is 2.05 bits per heavy atom. The smallest absolute Gasteiger partial charge is 0.224 e. The van der Waals surface area contributed by atoms with E-state index in [2.05, 4.69) is 39.9 Å². The van der Waals surface area contributed by atoms with Crippen molar-refractivity contribution in [1.82, 2.24) is 5.32 Å². The first-order valence-electron chi connectivity index (χ1n) is 7.72. The average Bonchev–Trinajstić information content (AvgIpc) is 2.26. The van der Waals surface area contributed by atoms with Crippen molar-refractivity contribution < 1.29 is 4.79 Å². The number of nitrogens with one attached hydrogen (secondary N) is 1. The summed E-state index contributed by atoms with van der Waals surface area (Å²) in [4.78, 5) is 12.6. The summed E-state index contributed by atoms with van der Waals surface area (Å²) in [5.74, 6) is 0.880. The fourth-order valence-corrected chi connectivity index (χ4v) is 3.45. The third-order valence-electron chi connectivity index (χ3n) is 4.56. The number of rotatable bonds is 5. The Kier molecular flexibility index (Phi) is 5.43. The third kappa shape index (κ3) is 4.48. The van der Waals surface area contributed by atoms with Gasteiger partial charge >= 0.3 is 0 Å². The topological polar surface area (TPSA) is 55.1 Å². The van der Waals surface area contributed by atoms with Crippen molar-refractivity contribution in [3.8, 4) is 0 Å². The lowest BCUT2D eigenvalue weighted by Gasteiger charge is -2.40. The van der Waals surface area contributed by atoms with Crippen LogP contribution >= 0.6 is 0 Å². The Bertz CT molecular complexity index is 312. The van der Waals surface area contributed by atoms with Gasteiger partial charge in [-0.25, -0.2) is 0 Å². The summed E-state index contributed by atoms with van der Waals surface area (Å²) in [6, 6.07) is 0. The van der Waals surface area contributed by atoms with Crippen molar-refractivity contribution in [2.24, 2.45) is 23.0 Å². The normalized spacial score (nSPS) is 25.9. The zero-order valence-electron chi connectivity index (χ0n) is 13.4. The van der Waals surface area contributed by atoms with E-state index in [-0.39, 0.29) is 22.8 Å². The average molecular weight is 268 g/mol. The van der Waals surface area contributed by atoms with Gasteiger partial charge < -0.3 is 11.1 Å². The predicted molar refractivity (Wildman–Crippen MR) is 80.8 cm³/mol. The highest BCUT2D eigenvalue weighted by atomic mass is 16.2. The number of nitrogens with two attached hydrogens (primary N) is 1. The molecule has 0 bridgehead atoms. The molecule has 0 aromatic heterocycles. The summed E-state index contributed by atoms with van der Waals surface area (Å²) >= 11 is 0. The van der Waals surface area contributed by atoms with Crippen LogP contribution in [0.15, 0.2) is 0 Å². The maximum Gasteiger partial charge on any atom is 0.224 e. The van der Waals surface area contributed by atoms with Crippen LogP contribution in [0, 0.1) is 17.3 Å². The lowest BCUT2D eigenvalue weighted by molar-refractivity contribution is -0.132. The van der Waals surface area contributed by atoms with Gasteiger partial charge in [0.1, 0.15) is 0 Å². The molecule has 2 unspecified atom stereocenters. The van der Waals surface area contributed by atoms with Crippen LogP contribution in [0.1, 0.15) is 66.7 Å². The highest BCUT2D eigenvalue weighted by Crippen LogP contribution is 2.40. The maximum absolute atomic E-state index is 12.6. The summed E-state index contributed by atoms with van der Waals surface area (Å²) in [7, 11) is 0. The van der Waals surface area contributed by atoms with E-state index in [0.717, 1.165) is 19.3 Å². The van der Waals surface area contributed by atoms with E-state index in [0.29, 0.717) is 12.5 Å². The van der Waals surface area contributed by atoms with Gasteiger partial charge in [0.25, 0.3) is 0 Å². The number of carbonyl (C=O) groups is 1. The van der Waals surface area contributed by atoms with Gasteiger partial charge in [-0.05, 0) is 37.5 Å². The zero-order chi connectivity index (χ0) is 14.7. The van der Waals surface area contributed by atoms with E-state index >= 15 is 0 Å². The molecule has 3 N–H and O–H groups in total. The first-order chi connectivity index (χ1) is 8.70. The molecule has 1 aliphatic carbocycles. The molecule has 0 aromatic rings. The van der Waals surface area contributed by atoms with Crippen LogP contribution in [-0.2, 0) is 4.79 Å². The zero-order valence-corrected chi connectivity index (χ0v) is 13.4. The minimum Gasteiger partial charge on any atom is -0.349 e. The van der Waals surface area contributed by atoms with E-state index in [1.54, 1.807) is 0 Å². The third-order valence-corrected chi connectivity index (χ3v) is 4.56. The van der Waals surface area contributed by atoms with Crippen LogP contribution in [0.5, 0.6) is 0 Å². The fourth-order valence-electron chi connectivity index (χ4n) is 3.45. The number of carbonyl (C=O) groups excluding carboxylic acids is 1. The van der Waals surface area contributed by atoms with Crippen molar-refractivity contribution in [3.63, 3.8) is 0 Å². The molecule has 112 valence electrons. The van der Waals surface area contributed by atoms with E-state index in [1.807, 2.05) is 0 Å². The van der Waals surface area contributed by atoms with E-state index in [9.17, 15) is 4.79 Å². The molecule has 1 aliphatic rings. The van der Waals surface area contributed by atoms with Gasteiger partial charge in [-0.1, -0.05) is 40.5 Å². The Balaban J connectivity index is 2.71. The van der Waals surface area contributed by atoms with Crippen LogP contribution in [0.3, 0.4) is 0 Å². The van der Waals surface area contributed by atoms with Crippen molar-refractivity contribution in [2.45, 2.75) is 72.3 Å². The first kappa shape index (κ1) is 16.5. The van der Waals surface area contributed by atoms with Crippen molar-refractivity contribution >= 4 is 5.91 Å². The van der Waals surface area contributed by atoms with Gasteiger partial charge in [0.15, 0.2) is 0 Å². The fraction of sp³-hybridized carbons (Fsp3) is 0.938. The summed E-state index contributed by atoms with van der Waals surface area (Å²) in [5, 5.41) is 3.24. The van der Waals surface area contributed by atoms with Crippen molar-refractivity contribution in [1.29, 1.82) is 0 Å². The molecule has 0 radical (unpaired) electrons. The summed E-state index contributed by atoms with van der Waals surface area (Å²) in [6.07, 6.45) is 5.51. The Labute approximate surface area is 118 Å². The molecule has 2 atom stereocenters. The molecule has 1 rings (SSSR count). The van der Waals surface area contributed by atoms with Gasteiger partial charge in [0, 0.05) is 18.0 Å². The Morgan fingerprint density at radius 3 is 2.53 bits per heavy atom. The van der Waals surface area contributed by atoms with Gasteiger partial charge in [0.05, 0.1) is 0 Å². The lowest BCUT2D eigenvalue weighted by Crippen LogP contribution is -2.55. The second kappa shape index (κ2) is 6.25. The van der Waals surface area contributed by atoms with Gasteiger partial charge in [0.2, 0.25) is 5.91 Å². The minimum absolute atomic E-state index is 0.121. The molecule has 0 spiro atoms. The minimum atomic E-state index is -0.265. The molecule has 1 fully saturated rings. The van der Waals surface area contributed by atoms with E-state index in [1.165, 1.54) is 12.8 Å². The molecule has 3 heteroatoms. The van der Waals surface area contributed by atoms with Crippen LogP contribution in [0.2, 0.25) is 0 Å². The van der Waals surface area contributed by atoms with Gasteiger partial charge in [-0.2, -0.15) is 0 Å². The maximum atomic E-state index is 12.6. The largest absolute Gasteiger partial charge is 0.349 e. The van der Waals surface area contributed by atoms with E-state index < -0.39 is 0 Å². The molecule has 0 aromatic carbocycles. The second-order valence-electron chi connectivity index (χ2n) is 7.64. The molecule has 0 saturated heterocycles. The lowest BCUT2D eigenvalue weighted by atomic mass is 9.68. The quantitative estimate of drug-likeness (QED) is 0.805. The van der Waals surface area contributed by atoms with Crippen molar-refractivity contribution in [2.75, 3.05) is 6.54 Å². The molecule has 19 heavy (non-hydrogen) atoms.